The fraction of sp³-hybridized carbons (Fsp3) is 0.174. The summed E-state index contributed by atoms with van der Waals surface area (Å²) in [5.41, 5.74) is 1.12. The summed E-state index contributed by atoms with van der Waals surface area (Å²) in [7, 11) is -3.82. The molecule has 32 heavy (non-hydrogen) atoms. The maximum Gasteiger partial charge on any atom is 0.261 e. The third-order valence-electron chi connectivity index (χ3n) is 4.35. The van der Waals surface area contributed by atoms with Gasteiger partial charge in [0.1, 0.15) is 5.75 Å². The van der Waals surface area contributed by atoms with Crippen molar-refractivity contribution >= 4 is 38.9 Å². The molecule has 0 saturated heterocycles. The quantitative estimate of drug-likeness (QED) is 0.445. The molecule has 0 spiro atoms. The molecule has 0 heterocycles. The van der Waals surface area contributed by atoms with Gasteiger partial charge in [0.05, 0.1) is 28.8 Å². The lowest BCUT2D eigenvalue weighted by atomic mass is 10.2. The van der Waals surface area contributed by atoms with Gasteiger partial charge in [-0.3, -0.25) is 9.52 Å². The predicted molar refractivity (Wildman–Crippen MR) is 125 cm³/mol. The Morgan fingerprint density at radius 3 is 2.19 bits per heavy atom. The van der Waals surface area contributed by atoms with Crippen LogP contribution in [0.5, 0.6) is 11.5 Å². The Kier molecular flexibility index (Phi) is 7.61. The summed E-state index contributed by atoms with van der Waals surface area (Å²) in [5.74, 6) is 0.610. The van der Waals surface area contributed by atoms with Gasteiger partial charge in [0.2, 0.25) is 0 Å². The van der Waals surface area contributed by atoms with Gasteiger partial charge in [-0.25, -0.2) is 8.42 Å². The number of amides is 1. The lowest BCUT2D eigenvalue weighted by molar-refractivity contribution is 0.102. The Morgan fingerprint density at radius 2 is 1.56 bits per heavy atom. The second-order valence-electron chi connectivity index (χ2n) is 6.59. The maximum absolute atomic E-state index is 12.7. The van der Waals surface area contributed by atoms with Crippen LogP contribution in [-0.2, 0) is 10.0 Å². The molecule has 0 unspecified atom stereocenters. The summed E-state index contributed by atoms with van der Waals surface area (Å²) in [5, 5.41) is 3.12. The topological polar surface area (TPSA) is 93.7 Å². The molecule has 9 heteroatoms. The fourth-order valence-electron chi connectivity index (χ4n) is 2.88. The van der Waals surface area contributed by atoms with Gasteiger partial charge in [0.25, 0.3) is 15.9 Å². The van der Waals surface area contributed by atoms with Crippen LogP contribution in [-0.4, -0.2) is 27.5 Å². The van der Waals surface area contributed by atoms with Crippen LogP contribution in [0.3, 0.4) is 0 Å². The normalized spacial score (nSPS) is 11.0. The SMILES string of the molecule is CCOc1ccc(NS(=O)(=O)c2ccc(C(=O)Nc3cccc(Cl)c3OCC)cc2)cc1. The summed E-state index contributed by atoms with van der Waals surface area (Å²) in [6.07, 6.45) is 0. The molecule has 0 atom stereocenters. The molecule has 3 aromatic carbocycles. The van der Waals surface area contributed by atoms with E-state index in [2.05, 4.69) is 10.0 Å². The highest BCUT2D eigenvalue weighted by Gasteiger charge is 2.17. The molecule has 0 aliphatic carbocycles. The molecule has 0 bridgehead atoms. The monoisotopic (exact) mass is 474 g/mol. The molecule has 0 fully saturated rings. The summed E-state index contributed by atoms with van der Waals surface area (Å²) < 4.78 is 38.7. The van der Waals surface area contributed by atoms with Gasteiger partial charge in [-0.05, 0) is 74.5 Å². The van der Waals surface area contributed by atoms with Crippen molar-refractivity contribution in [3.8, 4) is 11.5 Å². The molecule has 7 nitrogen and oxygen atoms in total. The van der Waals surface area contributed by atoms with Crippen LogP contribution < -0.4 is 19.5 Å². The van der Waals surface area contributed by atoms with E-state index in [9.17, 15) is 13.2 Å². The first-order valence-corrected chi connectivity index (χ1v) is 11.8. The van der Waals surface area contributed by atoms with Crippen molar-refractivity contribution in [2.24, 2.45) is 0 Å². The Morgan fingerprint density at radius 1 is 0.906 bits per heavy atom. The van der Waals surface area contributed by atoms with E-state index in [1.807, 2.05) is 13.8 Å². The third-order valence-corrected chi connectivity index (χ3v) is 6.04. The number of anilines is 2. The van der Waals surface area contributed by atoms with Crippen LogP contribution >= 0.6 is 11.6 Å². The van der Waals surface area contributed by atoms with Crippen molar-refractivity contribution in [1.82, 2.24) is 0 Å². The van der Waals surface area contributed by atoms with Gasteiger partial charge >= 0.3 is 0 Å². The van der Waals surface area contributed by atoms with Gasteiger partial charge < -0.3 is 14.8 Å². The Hall–Kier alpha value is -3.23. The number of ether oxygens (including phenoxy) is 2. The van der Waals surface area contributed by atoms with Gasteiger partial charge in [0.15, 0.2) is 5.75 Å². The molecule has 168 valence electrons. The average molecular weight is 475 g/mol. The first kappa shape index (κ1) is 23.4. The van der Waals surface area contributed by atoms with Crippen molar-refractivity contribution < 1.29 is 22.7 Å². The number of nitrogens with one attached hydrogen (secondary N) is 2. The van der Waals surface area contributed by atoms with Crippen molar-refractivity contribution in [2.45, 2.75) is 18.7 Å². The number of para-hydroxylation sites is 1. The van der Waals surface area contributed by atoms with Crippen LogP contribution in [0.1, 0.15) is 24.2 Å². The smallest absolute Gasteiger partial charge is 0.261 e. The lowest BCUT2D eigenvalue weighted by Gasteiger charge is -2.13. The van der Waals surface area contributed by atoms with Crippen molar-refractivity contribution in [3.05, 3.63) is 77.3 Å². The van der Waals surface area contributed by atoms with E-state index in [1.54, 1.807) is 42.5 Å². The minimum atomic E-state index is -3.82. The number of carbonyl (C=O) groups is 1. The van der Waals surface area contributed by atoms with Gasteiger partial charge in [-0.1, -0.05) is 17.7 Å². The Balaban J connectivity index is 1.72. The van der Waals surface area contributed by atoms with Gasteiger partial charge in [0, 0.05) is 11.3 Å². The largest absolute Gasteiger partial charge is 0.494 e. The summed E-state index contributed by atoms with van der Waals surface area (Å²) in [4.78, 5) is 12.7. The standard InChI is InChI=1S/C23H23ClN2O5S/c1-3-30-18-12-10-17(11-13-18)26-32(28,29)19-14-8-16(9-15-19)23(27)25-21-7-5-6-20(24)22(21)31-4-2/h5-15,26H,3-4H2,1-2H3,(H,25,27). The number of hydrogen-bond acceptors (Lipinski definition) is 5. The molecule has 0 aromatic heterocycles. The third kappa shape index (κ3) is 5.72. The number of benzene rings is 3. The van der Waals surface area contributed by atoms with E-state index in [0.29, 0.717) is 41.1 Å². The zero-order valence-electron chi connectivity index (χ0n) is 17.6. The number of sulfonamides is 1. The summed E-state index contributed by atoms with van der Waals surface area (Å²) in [6, 6.07) is 17.2. The molecule has 1 amide bonds. The summed E-state index contributed by atoms with van der Waals surface area (Å²) in [6.45, 7) is 4.60. The van der Waals surface area contributed by atoms with Crippen LogP contribution in [0.25, 0.3) is 0 Å². The minimum Gasteiger partial charge on any atom is -0.494 e. The number of rotatable bonds is 9. The molecular weight excluding hydrogens is 452 g/mol. The van der Waals surface area contributed by atoms with E-state index >= 15 is 0 Å². The number of carbonyl (C=O) groups excluding carboxylic acids is 1. The van der Waals surface area contributed by atoms with Crippen LogP contribution in [0.15, 0.2) is 71.6 Å². The predicted octanol–water partition coefficient (Wildman–Crippen LogP) is 5.19. The summed E-state index contributed by atoms with van der Waals surface area (Å²) >= 11 is 6.14. The van der Waals surface area contributed by atoms with Crippen LogP contribution in [0.2, 0.25) is 5.02 Å². The molecule has 0 saturated carbocycles. The first-order valence-electron chi connectivity index (χ1n) is 9.92. The highest BCUT2D eigenvalue weighted by molar-refractivity contribution is 7.92. The molecule has 0 aliphatic rings. The zero-order valence-corrected chi connectivity index (χ0v) is 19.2. The van der Waals surface area contributed by atoms with E-state index in [0.717, 1.165) is 0 Å². The molecule has 0 aliphatic heterocycles. The van der Waals surface area contributed by atoms with Gasteiger partial charge in [-0.2, -0.15) is 0 Å². The van der Waals surface area contributed by atoms with E-state index in [1.165, 1.54) is 24.3 Å². The maximum atomic E-state index is 12.7. The molecule has 3 rings (SSSR count). The van der Waals surface area contributed by atoms with E-state index < -0.39 is 15.9 Å². The number of halogens is 1. The van der Waals surface area contributed by atoms with E-state index in [-0.39, 0.29) is 10.5 Å². The second kappa shape index (κ2) is 10.4. The van der Waals surface area contributed by atoms with Crippen molar-refractivity contribution in [3.63, 3.8) is 0 Å². The first-order chi connectivity index (χ1) is 15.3. The molecule has 0 radical (unpaired) electrons. The molecular formula is C23H23ClN2O5S. The van der Waals surface area contributed by atoms with Crippen LogP contribution in [0.4, 0.5) is 11.4 Å². The van der Waals surface area contributed by atoms with Gasteiger partial charge in [-0.15, -0.1) is 0 Å². The molecule has 2 N–H and O–H groups in total. The van der Waals surface area contributed by atoms with E-state index in [4.69, 9.17) is 21.1 Å². The Bertz CT molecular complexity index is 1180. The number of hydrogen-bond donors (Lipinski definition) is 2. The van der Waals surface area contributed by atoms with Crippen molar-refractivity contribution in [1.29, 1.82) is 0 Å². The minimum absolute atomic E-state index is 0.0284. The second-order valence-corrected chi connectivity index (χ2v) is 8.68. The molecule has 3 aromatic rings. The highest BCUT2D eigenvalue weighted by atomic mass is 35.5. The lowest BCUT2D eigenvalue weighted by Crippen LogP contribution is -2.15. The van der Waals surface area contributed by atoms with Crippen LogP contribution in [0, 0.1) is 0 Å². The zero-order chi connectivity index (χ0) is 23.1. The highest BCUT2D eigenvalue weighted by Crippen LogP contribution is 2.33. The fourth-order valence-corrected chi connectivity index (χ4v) is 4.17. The average Bonchev–Trinajstić information content (AvgIpc) is 2.77. The Labute approximate surface area is 192 Å². The van der Waals surface area contributed by atoms with Crippen molar-refractivity contribution in [2.75, 3.05) is 23.3 Å².